The Morgan fingerprint density at radius 3 is 2.67 bits per heavy atom. The zero-order valence-corrected chi connectivity index (χ0v) is 10.4. The fourth-order valence-corrected chi connectivity index (χ4v) is 2.19. The van der Waals surface area contributed by atoms with Gasteiger partial charge in [0, 0.05) is 11.8 Å². The van der Waals surface area contributed by atoms with Crippen LogP contribution in [0.5, 0.6) is 0 Å². The maximum Gasteiger partial charge on any atom is 0.143 e. The maximum atomic E-state index is 5.78. The fraction of sp³-hybridized carbons (Fsp3) is 0.0667. The highest BCUT2D eigenvalue weighted by atomic mass is 35.5. The molecule has 0 radical (unpaired) electrons. The monoisotopic (exact) mass is 254 g/mol. The smallest absolute Gasteiger partial charge is 0.143 e. The molecule has 0 saturated carbocycles. The van der Waals surface area contributed by atoms with Gasteiger partial charge in [-0.15, -0.1) is 11.6 Å². The molecule has 0 aliphatic heterocycles. The molecule has 0 spiro atoms. The van der Waals surface area contributed by atoms with E-state index in [4.69, 9.17) is 11.6 Å². The average Bonchev–Trinajstić information content (AvgIpc) is 2.47. The highest BCUT2D eigenvalue weighted by Gasteiger charge is 2.05. The molecule has 0 saturated heterocycles. The van der Waals surface area contributed by atoms with E-state index in [0.717, 1.165) is 11.3 Å². The lowest BCUT2D eigenvalue weighted by Crippen LogP contribution is -1.93. The normalized spacial score (nSPS) is 10.7. The van der Waals surface area contributed by atoms with E-state index in [1.807, 2.05) is 24.3 Å². The molecule has 0 bridgehead atoms. The third kappa shape index (κ3) is 1.95. The van der Waals surface area contributed by atoms with Crippen LogP contribution in [0.2, 0.25) is 0 Å². The number of nitrogens with zero attached hydrogens (tertiary/aromatic N) is 2. The zero-order chi connectivity index (χ0) is 12.4. The Kier molecular flexibility index (Phi) is 2.95. The van der Waals surface area contributed by atoms with Crippen molar-refractivity contribution in [3.05, 3.63) is 60.6 Å². The summed E-state index contributed by atoms with van der Waals surface area (Å²) < 4.78 is 0. The fourth-order valence-electron chi connectivity index (χ4n) is 2.06. The van der Waals surface area contributed by atoms with Crippen LogP contribution in [-0.4, -0.2) is 9.97 Å². The van der Waals surface area contributed by atoms with Gasteiger partial charge in [-0.25, -0.2) is 9.97 Å². The second-order valence-electron chi connectivity index (χ2n) is 4.02. The van der Waals surface area contributed by atoms with Gasteiger partial charge in [-0.05, 0) is 16.8 Å². The minimum absolute atomic E-state index is 0.332. The molecule has 0 aliphatic carbocycles. The minimum atomic E-state index is 0.332. The first-order valence-corrected chi connectivity index (χ1v) is 6.28. The maximum absolute atomic E-state index is 5.78. The van der Waals surface area contributed by atoms with Crippen LogP contribution in [0, 0.1) is 0 Å². The Labute approximate surface area is 110 Å². The van der Waals surface area contributed by atoms with Gasteiger partial charge in [0.05, 0.1) is 11.6 Å². The van der Waals surface area contributed by atoms with E-state index in [0.29, 0.717) is 11.7 Å². The summed E-state index contributed by atoms with van der Waals surface area (Å²) in [5, 5.41) is 2.40. The average molecular weight is 255 g/mol. The molecule has 2 nitrogen and oxygen atoms in total. The second-order valence-corrected chi connectivity index (χ2v) is 4.29. The van der Waals surface area contributed by atoms with Gasteiger partial charge in [0.15, 0.2) is 0 Å². The third-order valence-corrected chi connectivity index (χ3v) is 3.13. The Balaban J connectivity index is 2.24. The van der Waals surface area contributed by atoms with E-state index in [1.54, 1.807) is 6.20 Å². The Morgan fingerprint density at radius 2 is 1.78 bits per heavy atom. The predicted octanol–water partition coefficient (Wildman–Crippen LogP) is 4.04. The number of benzene rings is 2. The van der Waals surface area contributed by atoms with Gasteiger partial charge in [0.1, 0.15) is 5.82 Å². The van der Waals surface area contributed by atoms with Crippen molar-refractivity contribution >= 4 is 22.4 Å². The van der Waals surface area contributed by atoms with E-state index < -0.39 is 0 Å². The highest BCUT2D eigenvalue weighted by Crippen LogP contribution is 2.26. The number of halogens is 1. The van der Waals surface area contributed by atoms with Crippen molar-refractivity contribution < 1.29 is 0 Å². The lowest BCUT2D eigenvalue weighted by Gasteiger charge is -2.06. The molecule has 0 amide bonds. The molecule has 0 fully saturated rings. The number of aromatic nitrogens is 2. The van der Waals surface area contributed by atoms with Gasteiger partial charge in [0.25, 0.3) is 0 Å². The van der Waals surface area contributed by atoms with Gasteiger partial charge in [-0.3, -0.25) is 0 Å². The molecule has 1 heterocycles. The van der Waals surface area contributed by atoms with Crippen molar-refractivity contribution in [3.63, 3.8) is 0 Å². The summed E-state index contributed by atoms with van der Waals surface area (Å²) in [5.41, 5.74) is 2.03. The van der Waals surface area contributed by atoms with E-state index in [-0.39, 0.29) is 0 Å². The van der Waals surface area contributed by atoms with Crippen LogP contribution < -0.4 is 0 Å². The molecule has 3 rings (SSSR count). The van der Waals surface area contributed by atoms with Crippen LogP contribution in [-0.2, 0) is 5.88 Å². The van der Waals surface area contributed by atoms with Crippen molar-refractivity contribution in [2.45, 2.75) is 5.88 Å². The number of hydrogen-bond donors (Lipinski definition) is 0. The number of fused-ring (bicyclic) bond motifs is 1. The molecule has 3 aromatic rings. The molecule has 0 atom stereocenters. The highest BCUT2D eigenvalue weighted by molar-refractivity contribution is 6.16. The van der Waals surface area contributed by atoms with Gasteiger partial charge >= 0.3 is 0 Å². The number of rotatable bonds is 2. The Morgan fingerprint density at radius 1 is 0.944 bits per heavy atom. The lowest BCUT2D eigenvalue weighted by atomic mass is 10.0. The summed E-state index contributed by atoms with van der Waals surface area (Å²) in [6.45, 7) is 0. The van der Waals surface area contributed by atoms with Gasteiger partial charge in [-0.2, -0.15) is 0 Å². The van der Waals surface area contributed by atoms with E-state index in [1.165, 1.54) is 10.8 Å². The van der Waals surface area contributed by atoms with E-state index >= 15 is 0 Å². The molecular weight excluding hydrogens is 244 g/mol. The van der Waals surface area contributed by atoms with E-state index in [9.17, 15) is 0 Å². The summed E-state index contributed by atoms with van der Waals surface area (Å²) in [6, 6.07) is 16.4. The molecule has 2 aromatic carbocycles. The molecule has 1 aromatic heterocycles. The zero-order valence-electron chi connectivity index (χ0n) is 9.68. The van der Waals surface area contributed by atoms with Crippen molar-refractivity contribution in [3.8, 4) is 11.3 Å². The molecule has 88 valence electrons. The largest absolute Gasteiger partial charge is 0.240 e. The Hall–Kier alpha value is -1.93. The van der Waals surface area contributed by atoms with Crippen molar-refractivity contribution in [1.29, 1.82) is 0 Å². The summed E-state index contributed by atoms with van der Waals surface area (Å²) >= 11 is 5.78. The standard InChI is InChI=1S/C15H11ClN2/c16-10-15-17-9-8-14(18-15)13-7-3-5-11-4-1-2-6-12(11)13/h1-9H,10H2. The van der Waals surface area contributed by atoms with Crippen LogP contribution in [0.15, 0.2) is 54.7 Å². The van der Waals surface area contributed by atoms with Crippen LogP contribution in [0.4, 0.5) is 0 Å². The molecule has 0 N–H and O–H groups in total. The number of hydrogen-bond acceptors (Lipinski definition) is 2. The van der Waals surface area contributed by atoms with Gasteiger partial charge < -0.3 is 0 Å². The minimum Gasteiger partial charge on any atom is -0.240 e. The first-order valence-electron chi connectivity index (χ1n) is 5.74. The van der Waals surface area contributed by atoms with Crippen molar-refractivity contribution in [1.82, 2.24) is 9.97 Å². The number of alkyl halides is 1. The van der Waals surface area contributed by atoms with Crippen LogP contribution >= 0.6 is 11.6 Å². The van der Waals surface area contributed by atoms with Gasteiger partial charge in [0.2, 0.25) is 0 Å². The van der Waals surface area contributed by atoms with Crippen LogP contribution in [0.1, 0.15) is 5.82 Å². The summed E-state index contributed by atoms with van der Waals surface area (Å²) in [4.78, 5) is 8.59. The topological polar surface area (TPSA) is 25.8 Å². The molecule has 0 aliphatic rings. The first-order chi connectivity index (χ1) is 8.88. The molecule has 0 unspecified atom stereocenters. The van der Waals surface area contributed by atoms with Crippen LogP contribution in [0.25, 0.3) is 22.0 Å². The van der Waals surface area contributed by atoms with E-state index in [2.05, 4.69) is 34.2 Å². The molecular formula is C15H11ClN2. The van der Waals surface area contributed by atoms with Gasteiger partial charge in [-0.1, -0.05) is 42.5 Å². The first kappa shape index (κ1) is 11.2. The third-order valence-electron chi connectivity index (χ3n) is 2.89. The molecule has 3 heteroatoms. The Bertz CT molecular complexity index is 689. The van der Waals surface area contributed by atoms with Crippen LogP contribution in [0.3, 0.4) is 0 Å². The summed E-state index contributed by atoms with van der Waals surface area (Å²) in [7, 11) is 0. The lowest BCUT2D eigenvalue weighted by molar-refractivity contribution is 1.04. The SMILES string of the molecule is ClCc1nccc(-c2cccc3ccccc23)n1. The predicted molar refractivity (Wildman–Crippen MR) is 74.5 cm³/mol. The second kappa shape index (κ2) is 4.75. The van der Waals surface area contributed by atoms with Crippen molar-refractivity contribution in [2.75, 3.05) is 0 Å². The molecule has 18 heavy (non-hydrogen) atoms. The van der Waals surface area contributed by atoms with Crippen molar-refractivity contribution in [2.24, 2.45) is 0 Å². The quantitative estimate of drug-likeness (QED) is 0.645. The summed E-state index contributed by atoms with van der Waals surface area (Å²) in [6.07, 6.45) is 1.75. The summed E-state index contributed by atoms with van der Waals surface area (Å²) in [5.74, 6) is 0.987.